The topological polar surface area (TPSA) is 134 Å². The zero-order chi connectivity index (χ0) is 24.8. The molecule has 3 N–H and O–H groups in total. The molecular weight excluding hydrogens is 470 g/mol. The SMILES string of the molecule is CCOC(=O)c1sc2nc(COC(=O)CCCNC(=O)c3ccc(F)cc3F)nc(N)c2c1C. The van der Waals surface area contributed by atoms with Crippen LogP contribution in [0.15, 0.2) is 18.2 Å². The Bertz CT molecular complexity index is 1250. The molecule has 0 spiro atoms. The average Bonchev–Trinajstić information content (AvgIpc) is 3.12. The molecule has 12 heteroatoms. The van der Waals surface area contributed by atoms with Gasteiger partial charge in [0.2, 0.25) is 0 Å². The molecule has 0 atom stereocenters. The summed E-state index contributed by atoms with van der Waals surface area (Å²) in [6, 6.07) is 2.64. The molecule has 180 valence electrons. The molecule has 3 aromatic rings. The van der Waals surface area contributed by atoms with E-state index in [0.29, 0.717) is 26.7 Å². The third-order valence-corrected chi connectivity index (χ3v) is 5.87. The summed E-state index contributed by atoms with van der Waals surface area (Å²) in [6.07, 6.45) is 0.220. The molecular formula is C22H22F2N4O5S. The zero-order valence-corrected chi connectivity index (χ0v) is 19.3. The first-order valence-corrected chi connectivity index (χ1v) is 11.1. The number of thiophene rings is 1. The number of esters is 2. The van der Waals surface area contributed by atoms with Crippen molar-refractivity contribution in [3.05, 3.63) is 51.7 Å². The van der Waals surface area contributed by atoms with E-state index in [1.807, 2.05) is 0 Å². The Morgan fingerprint density at radius 2 is 1.94 bits per heavy atom. The number of nitrogens with one attached hydrogen (secondary N) is 1. The van der Waals surface area contributed by atoms with Gasteiger partial charge in [-0.15, -0.1) is 11.3 Å². The van der Waals surface area contributed by atoms with Crippen molar-refractivity contribution in [2.45, 2.75) is 33.3 Å². The fourth-order valence-electron chi connectivity index (χ4n) is 3.09. The van der Waals surface area contributed by atoms with E-state index in [9.17, 15) is 23.2 Å². The van der Waals surface area contributed by atoms with E-state index in [1.54, 1.807) is 13.8 Å². The highest BCUT2D eigenvalue weighted by atomic mass is 32.1. The highest BCUT2D eigenvalue weighted by molar-refractivity contribution is 7.20. The van der Waals surface area contributed by atoms with Crippen molar-refractivity contribution >= 4 is 45.2 Å². The Hall–Kier alpha value is -3.67. The molecule has 0 aliphatic heterocycles. The van der Waals surface area contributed by atoms with Gasteiger partial charge in [0.15, 0.2) is 12.4 Å². The van der Waals surface area contributed by atoms with Crippen LogP contribution in [0.3, 0.4) is 0 Å². The third-order valence-electron chi connectivity index (χ3n) is 4.71. The lowest BCUT2D eigenvalue weighted by atomic mass is 10.2. The number of rotatable bonds is 9. The summed E-state index contributed by atoms with van der Waals surface area (Å²) in [6.45, 7) is 3.54. The minimum atomic E-state index is -0.969. The standard InChI is InChI=1S/C22H22F2N4O5S/c1-3-32-22(31)18-11(2)17-19(25)27-15(28-21(17)34-18)10-33-16(29)5-4-8-26-20(30)13-7-6-12(23)9-14(13)24/h6-7,9H,3-5,8,10H2,1-2H3,(H,26,30)(H2,25,27,28). The first kappa shape index (κ1) is 25.0. The molecule has 1 amide bonds. The van der Waals surface area contributed by atoms with Crippen LogP contribution >= 0.6 is 11.3 Å². The normalized spacial score (nSPS) is 10.8. The van der Waals surface area contributed by atoms with Gasteiger partial charge in [-0.2, -0.15) is 0 Å². The predicted molar refractivity (Wildman–Crippen MR) is 120 cm³/mol. The van der Waals surface area contributed by atoms with Gasteiger partial charge in [-0.1, -0.05) is 0 Å². The molecule has 0 saturated carbocycles. The number of benzene rings is 1. The number of halogens is 2. The zero-order valence-electron chi connectivity index (χ0n) is 18.4. The first-order chi connectivity index (χ1) is 16.2. The van der Waals surface area contributed by atoms with E-state index < -0.39 is 29.5 Å². The number of carbonyl (C=O) groups is 3. The van der Waals surface area contributed by atoms with Crippen LogP contribution in [0.5, 0.6) is 0 Å². The number of anilines is 1. The molecule has 1 aromatic carbocycles. The lowest BCUT2D eigenvalue weighted by molar-refractivity contribution is -0.145. The second-order valence-corrected chi connectivity index (χ2v) is 8.13. The van der Waals surface area contributed by atoms with Gasteiger partial charge in [0.25, 0.3) is 5.91 Å². The number of nitrogens with zero attached hydrogens (tertiary/aromatic N) is 2. The molecule has 0 saturated heterocycles. The molecule has 0 radical (unpaired) electrons. The maximum atomic E-state index is 13.6. The van der Waals surface area contributed by atoms with Gasteiger partial charge in [0.05, 0.1) is 17.6 Å². The van der Waals surface area contributed by atoms with Crippen LogP contribution in [-0.2, 0) is 20.9 Å². The fourth-order valence-corrected chi connectivity index (χ4v) is 4.19. The molecule has 34 heavy (non-hydrogen) atoms. The molecule has 2 heterocycles. The highest BCUT2D eigenvalue weighted by Crippen LogP contribution is 2.33. The highest BCUT2D eigenvalue weighted by Gasteiger charge is 2.21. The molecule has 0 aliphatic carbocycles. The van der Waals surface area contributed by atoms with Gasteiger partial charge < -0.3 is 20.5 Å². The van der Waals surface area contributed by atoms with Crippen LogP contribution in [-0.4, -0.2) is 41.0 Å². The van der Waals surface area contributed by atoms with Gasteiger partial charge >= 0.3 is 11.9 Å². The minimum absolute atomic E-state index is 0.0188. The van der Waals surface area contributed by atoms with Crippen LogP contribution in [0, 0.1) is 18.6 Å². The lowest BCUT2D eigenvalue weighted by Gasteiger charge is -2.07. The van der Waals surface area contributed by atoms with E-state index >= 15 is 0 Å². The fraction of sp³-hybridized carbons (Fsp3) is 0.318. The molecule has 0 bridgehead atoms. The Labute approximate surface area is 197 Å². The van der Waals surface area contributed by atoms with Crippen LogP contribution < -0.4 is 11.1 Å². The van der Waals surface area contributed by atoms with Crippen molar-refractivity contribution in [1.82, 2.24) is 15.3 Å². The Morgan fingerprint density at radius 1 is 1.18 bits per heavy atom. The Kier molecular flexibility index (Phi) is 8.05. The number of aromatic nitrogens is 2. The number of carbonyl (C=O) groups excluding carboxylic acids is 3. The summed E-state index contributed by atoms with van der Waals surface area (Å²) in [4.78, 5) is 45.4. The largest absolute Gasteiger partial charge is 0.462 e. The van der Waals surface area contributed by atoms with Gasteiger partial charge in [-0.05, 0) is 38.0 Å². The predicted octanol–water partition coefficient (Wildman–Crippen LogP) is 3.29. The first-order valence-electron chi connectivity index (χ1n) is 10.3. The maximum Gasteiger partial charge on any atom is 0.348 e. The van der Waals surface area contributed by atoms with Crippen molar-refractivity contribution in [2.75, 3.05) is 18.9 Å². The lowest BCUT2D eigenvalue weighted by Crippen LogP contribution is -2.26. The number of hydrogen-bond donors (Lipinski definition) is 2. The summed E-state index contributed by atoms with van der Waals surface area (Å²) in [5.74, 6) is -3.15. The Balaban J connectivity index is 1.51. The van der Waals surface area contributed by atoms with Crippen LogP contribution in [0.2, 0.25) is 0 Å². The molecule has 3 rings (SSSR count). The minimum Gasteiger partial charge on any atom is -0.462 e. The van der Waals surface area contributed by atoms with Crippen molar-refractivity contribution in [3.63, 3.8) is 0 Å². The Morgan fingerprint density at radius 3 is 2.65 bits per heavy atom. The smallest absolute Gasteiger partial charge is 0.348 e. The van der Waals surface area contributed by atoms with Gasteiger partial charge in [-0.25, -0.2) is 23.5 Å². The maximum absolute atomic E-state index is 13.6. The quantitative estimate of drug-likeness (QED) is 0.343. The van der Waals surface area contributed by atoms with Crippen LogP contribution in [0.4, 0.5) is 14.6 Å². The summed E-state index contributed by atoms with van der Waals surface area (Å²) < 4.78 is 36.7. The molecule has 0 aliphatic rings. The average molecular weight is 493 g/mol. The second-order valence-electron chi connectivity index (χ2n) is 7.13. The summed E-state index contributed by atoms with van der Waals surface area (Å²) in [5, 5.41) is 3.01. The number of aryl methyl sites for hydroxylation is 1. The number of fused-ring (bicyclic) bond motifs is 1. The van der Waals surface area contributed by atoms with E-state index in [0.717, 1.165) is 23.5 Å². The van der Waals surface area contributed by atoms with Crippen molar-refractivity contribution < 1.29 is 32.6 Å². The monoisotopic (exact) mass is 492 g/mol. The molecule has 0 fully saturated rings. The van der Waals surface area contributed by atoms with Crippen molar-refractivity contribution in [1.29, 1.82) is 0 Å². The number of nitrogens with two attached hydrogens (primary N) is 1. The third kappa shape index (κ3) is 5.81. The molecule has 2 aromatic heterocycles. The molecule has 0 unspecified atom stereocenters. The van der Waals surface area contributed by atoms with Crippen LogP contribution in [0.1, 0.15) is 51.2 Å². The van der Waals surface area contributed by atoms with E-state index in [2.05, 4.69) is 15.3 Å². The second kappa shape index (κ2) is 11.0. The van der Waals surface area contributed by atoms with Gasteiger partial charge in [-0.3, -0.25) is 9.59 Å². The number of ether oxygens (including phenoxy) is 2. The number of nitrogen functional groups attached to an aromatic ring is 1. The summed E-state index contributed by atoms with van der Waals surface area (Å²) >= 11 is 1.12. The number of hydrogen-bond acceptors (Lipinski definition) is 9. The van der Waals surface area contributed by atoms with Crippen LogP contribution in [0.25, 0.3) is 10.2 Å². The van der Waals surface area contributed by atoms with E-state index in [4.69, 9.17) is 15.2 Å². The summed E-state index contributed by atoms with van der Waals surface area (Å²) in [7, 11) is 0. The van der Waals surface area contributed by atoms with Gasteiger partial charge in [0.1, 0.15) is 27.2 Å². The van der Waals surface area contributed by atoms with Crippen molar-refractivity contribution in [3.8, 4) is 0 Å². The van der Waals surface area contributed by atoms with Crippen molar-refractivity contribution in [2.24, 2.45) is 0 Å². The van der Waals surface area contributed by atoms with E-state index in [-0.39, 0.29) is 49.8 Å². The van der Waals surface area contributed by atoms with E-state index in [1.165, 1.54) is 0 Å². The summed E-state index contributed by atoms with van der Waals surface area (Å²) in [5.41, 5.74) is 6.36. The number of amides is 1. The van der Waals surface area contributed by atoms with Gasteiger partial charge in [0, 0.05) is 19.0 Å². The molecule has 9 nitrogen and oxygen atoms in total.